The van der Waals surface area contributed by atoms with Crippen LogP contribution in [0, 0.1) is 5.41 Å². The Labute approximate surface area is 175 Å². The number of nitrogens with one attached hydrogen (secondary N) is 1. The van der Waals surface area contributed by atoms with Gasteiger partial charge in [0.2, 0.25) is 0 Å². The molecule has 0 saturated heterocycles. The fraction of sp³-hybridized carbons (Fsp3) is 0.304. The molecule has 148 valence electrons. The van der Waals surface area contributed by atoms with E-state index in [4.69, 9.17) is 11.6 Å². The third kappa shape index (κ3) is 4.42. The zero-order chi connectivity index (χ0) is 20.3. The maximum absolute atomic E-state index is 10.9. The van der Waals surface area contributed by atoms with Crippen LogP contribution in [0.1, 0.15) is 31.7 Å². The number of aromatic nitrogens is 3. The Morgan fingerprint density at radius 3 is 2.93 bits per heavy atom. The average Bonchev–Trinajstić information content (AvgIpc) is 3.32. The van der Waals surface area contributed by atoms with Crippen LogP contribution in [0.3, 0.4) is 0 Å². The first-order chi connectivity index (χ1) is 14.1. The number of anilines is 1. The molecule has 5 nitrogen and oxygen atoms in total. The van der Waals surface area contributed by atoms with Gasteiger partial charge in [0.15, 0.2) is 0 Å². The number of benzene rings is 2. The second-order valence-corrected chi connectivity index (χ2v) is 8.30. The van der Waals surface area contributed by atoms with Crippen molar-refractivity contribution in [1.29, 1.82) is 0 Å². The van der Waals surface area contributed by atoms with Crippen LogP contribution in [0.4, 0.5) is 5.69 Å². The third-order valence-electron chi connectivity index (χ3n) is 5.69. The molecule has 0 amide bonds. The summed E-state index contributed by atoms with van der Waals surface area (Å²) in [5, 5.41) is 12.9. The number of nitrogens with zero attached hydrogens (tertiary/aromatic N) is 3. The minimum absolute atomic E-state index is 0.153. The van der Waals surface area contributed by atoms with E-state index >= 15 is 0 Å². The van der Waals surface area contributed by atoms with E-state index in [0.29, 0.717) is 6.54 Å². The minimum atomic E-state index is -0.153. The van der Waals surface area contributed by atoms with Crippen LogP contribution in [0.2, 0.25) is 5.02 Å². The zero-order valence-electron chi connectivity index (χ0n) is 16.3. The molecular weight excluding hydrogens is 384 g/mol. The predicted octanol–water partition coefficient (Wildman–Crippen LogP) is 5.01. The van der Waals surface area contributed by atoms with E-state index in [2.05, 4.69) is 28.6 Å². The van der Waals surface area contributed by atoms with Crippen molar-refractivity contribution in [3.05, 3.63) is 71.4 Å². The lowest BCUT2D eigenvalue weighted by molar-refractivity contribution is 0.408. The van der Waals surface area contributed by atoms with Gasteiger partial charge >= 0.3 is 0 Å². The zero-order valence-corrected chi connectivity index (χ0v) is 17.1. The summed E-state index contributed by atoms with van der Waals surface area (Å²) in [5.74, 6) is 1.99. The number of hydrogen-bond acceptors (Lipinski definition) is 4. The van der Waals surface area contributed by atoms with Gasteiger partial charge in [-0.1, -0.05) is 54.4 Å². The molecule has 1 aliphatic carbocycles. The van der Waals surface area contributed by atoms with Crippen molar-refractivity contribution >= 4 is 23.2 Å². The van der Waals surface area contributed by atoms with Crippen molar-refractivity contribution in [2.75, 3.05) is 5.32 Å². The van der Waals surface area contributed by atoms with Gasteiger partial charge in [-0.2, -0.15) is 0 Å². The van der Waals surface area contributed by atoms with Crippen molar-refractivity contribution in [2.24, 2.45) is 5.41 Å². The summed E-state index contributed by atoms with van der Waals surface area (Å²) < 4.78 is 1.82. The van der Waals surface area contributed by atoms with Crippen LogP contribution in [0.15, 0.2) is 60.8 Å². The molecule has 4 rings (SSSR count). The van der Waals surface area contributed by atoms with Gasteiger partial charge in [-0.25, -0.2) is 9.48 Å². The quantitative estimate of drug-likeness (QED) is 0.585. The van der Waals surface area contributed by atoms with Crippen LogP contribution in [-0.2, 0) is 11.3 Å². The van der Waals surface area contributed by atoms with Crippen molar-refractivity contribution < 1.29 is 4.79 Å². The second kappa shape index (κ2) is 8.24. The minimum Gasteiger partial charge on any atom is -0.381 e. The maximum atomic E-state index is 10.9. The molecule has 0 aliphatic heterocycles. The monoisotopic (exact) mass is 406 g/mol. The largest absolute Gasteiger partial charge is 0.381 e. The van der Waals surface area contributed by atoms with E-state index in [-0.39, 0.29) is 11.5 Å². The first-order valence-corrected chi connectivity index (χ1v) is 10.2. The lowest BCUT2D eigenvalue weighted by atomic mass is 9.85. The summed E-state index contributed by atoms with van der Waals surface area (Å²) >= 11 is 5.95. The van der Waals surface area contributed by atoms with Gasteiger partial charge < -0.3 is 5.32 Å². The summed E-state index contributed by atoms with van der Waals surface area (Å²) in [7, 11) is 0. The summed E-state index contributed by atoms with van der Waals surface area (Å²) in [6.07, 6.45) is 6.76. The lowest BCUT2D eigenvalue weighted by Gasteiger charge is -2.28. The van der Waals surface area contributed by atoms with Gasteiger partial charge in [0.05, 0.1) is 12.7 Å². The highest BCUT2D eigenvalue weighted by Crippen LogP contribution is 2.40. The fourth-order valence-electron chi connectivity index (χ4n) is 3.99. The molecule has 1 fully saturated rings. The van der Waals surface area contributed by atoms with E-state index in [9.17, 15) is 4.79 Å². The van der Waals surface area contributed by atoms with Crippen LogP contribution >= 0.6 is 11.6 Å². The molecule has 6 heteroatoms. The Hall–Kier alpha value is -2.88. The molecule has 2 aromatic carbocycles. The molecular formula is C23H23ClN4O. The smallest absolute Gasteiger partial charge is 0.120 e. The average molecular weight is 407 g/mol. The molecule has 0 radical (unpaired) electrons. The second-order valence-electron chi connectivity index (χ2n) is 7.87. The Bertz CT molecular complexity index is 1040. The maximum Gasteiger partial charge on any atom is 0.120 e. The summed E-state index contributed by atoms with van der Waals surface area (Å²) in [5.41, 5.74) is 3.81. The van der Waals surface area contributed by atoms with E-state index in [1.165, 1.54) is 0 Å². The Kier molecular flexibility index (Phi) is 5.52. The fourth-order valence-corrected chi connectivity index (χ4v) is 4.12. The molecule has 2 atom stereocenters. The Morgan fingerprint density at radius 2 is 2.14 bits per heavy atom. The SMILES string of the molecule is CC1(C=C=O)CCCC1Nc1cccc(-c2cn(Cc3ccc(Cl)cc3)nn2)c1. The predicted molar refractivity (Wildman–Crippen MR) is 116 cm³/mol. The summed E-state index contributed by atoms with van der Waals surface area (Å²) in [6.45, 7) is 2.76. The van der Waals surface area contributed by atoms with Gasteiger partial charge in [-0.3, -0.25) is 0 Å². The van der Waals surface area contributed by atoms with Crippen molar-refractivity contribution in [2.45, 2.75) is 38.8 Å². The molecule has 1 aromatic heterocycles. The molecule has 1 saturated carbocycles. The van der Waals surface area contributed by atoms with Crippen LogP contribution in [-0.4, -0.2) is 27.0 Å². The normalized spacial score (nSPS) is 21.0. The number of rotatable bonds is 6. The molecule has 0 spiro atoms. The molecule has 2 unspecified atom stereocenters. The third-order valence-corrected chi connectivity index (χ3v) is 5.94. The van der Waals surface area contributed by atoms with Crippen LogP contribution < -0.4 is 5.32 Å². The first kappa shape index (κ1) is 19.4. The molecule has 29 heavy (non-hydrogen) atoms. The van der Waals surface area contributed by atoms with Crippen molar-refractivity contribution in [3.63, 3.8) is 0 Å². The first-order valence-electron chi connectivity index (χ1n) is 9.79. The molecule has 3 aromatic rings. The van der Waals surface area contributed by atoms with E-state index in [0.717, 1.165) is 46.8 Å². The van der Waals surface area contributed by atoms with Gasteiger partial charge in [0, 0.05) is 33.8 Å². The number of halogens is 1. The molecule has 1 heterocycles. The van der Waals surface area contributed by atoms with Gasteiger partial charge in [-0.15, -0.1) is 5.10 Å². The van der Waals surface area contributed by atoms with Crippen LogP contribution in [0.5, 0.6) is 0 Å². The van der Waals surface area contributed by atoms with Gasteiger partial charge in [-0.05, 0) is 42.7 Å². The Balaban J connectivity index is 1.50. The van der Waals surface area contributed by atoms with Crippen LogP contribution in [0.25, 0.3) is 11.3 Å². The van der Waals surface area contributed by atoms with Crippen molar-refractivity contribution in [3.8, 4) is 11.3 Å². The van der Waals surface area contributed by atoms with Gasteiger partial charge in [0.25, 0.3) is 0 Å². The highest BCUT2D eigenvalue weighted by Gasteiger charge is 2.37. The number of carbonyl (C=O) groups excluding carboxylic acids is 1. The highest BCUT2D eigenvalue weighted by molar-refractivity contribution is 6.30. The van der Waals surface area contributed by atoms with E-state index < -0.39 is 0 Å². The standard InChI is InChI=1S/C23H23ClN4O/c1-23(12-13-29)11-3-6-22(23)25-20-5-2-4-18(14-20)21-16-28(27-26-21)15-17-7-9-19(24)10-8-17/h2,4-5,7-10,12,14,16,22,25H,3,6,11,15H2,1H3. The Morgan fingerprint density at radius 1 is 1.31 bits per heavy atom. The van der Waals surface area contributed by atoms with E-state index in [1.807, 2.05) is 59.3 Å². The van der Waals surface area contributed by atoms with E-state index in [1.54, 1.807) is 6.08 Å². The van der Waals surface area contributed by atoms with Gasteiger partial charge in [0.1, 0.15) is 11.6 Å². The summed E-state index contributed by atoms with van der Waals surface area (Å²) in [6, 6.07) is 16.1. The summed E-state index contributed by atoms with van der Waals surface area (Å²) in [4.78, 5) is 10.9. The highest BCUT2D eigenvalue weighted by atomic mass is 35.5. The molecule has 0 bridgehead atoms. The number of hydrogen-bond donors (Lipinski definition) is 1. The molecule has 1 aliphatic rings. The lowest BCUT2D eigenvalue weighted by Crippen LogP contribution is -2.32. The topological polar surface area (TPSA) is 59.8 Å². The molecule has 1 N–H and O–H groups in total. The van der Waals surface area contributed by atoms with Crippen molar-refractivity contribution in [1.82, 2.24) is 15.0 Å².